The number of halogens is 1. The second-order valence-corrected chi connectivity index (χ2v) is 4.32. The van der Waals surface area contributed by atoms with E-state index in [1.165, 1.54) is 10.5 Å². The molecule has 0 fully saturated rings. The van der Waals surface area contributed by atoms with E-state index in [2.05, 4.69) is 0 Å². The number of aryl methyl sites for hydroxylation is 2. The molecule has 6 heteroatoms. The number of carboxylic acids is 1. The Bertz CT molecular complexity index is 420. The van der Waals surface area contributed by atoms with E-state index in [1.54, 1.807) is 7.05 Å². The Kier molecular flexibility index (Phi) is 7.98. The Morgan fingerprint density at radius 3 is 2.37 bits per heavy atom. The van der Waals surface area contributed by atoms with Gasteiger partial charge in [0.05, 0.1) is 12.8 Å². The Hall–Kier alpha value is -1.43. The van der Waals surface area contributed by atoms with Crippen LogP contribution in [0.15, 0.2) is 24.5 Å². The summed E-state index contributed by atoms with van der Waals surface area (Å²) in [5.41, 5.74) is 1.18. The highest BCUT2D eigenvalue weighted by molar-refractivity contribution is 5.76. The predicted molar refractivity (Wildman–Crippen MR) is 65.9 cm³/mol. The first-order valence-corrected chi connectivity index (χ1v) is 5.90. The largest absolute Gasteiger partial charge is 1.00 e. The van der Waals surface area contributed by atoms with Crippen LogP contribution in [0.1, 0.15) is 18.4 Å². The number of hydrogen-bond acceptors (Lipinski definition) is 2. The van der Waals surface area contributed by atoms with Gasteiger partial charge >= 0.3 is 5.97 Å². The van der Waals surface area contributed by atoms with Crippen LogP contribution in [0.5, 0.6) is 0 Å². The Morgan fingerprint density at radius 2 is 1.84 bits per heavy atom. The number of carbonyl (C=O) groups excluding carboxylic acids is 1. The lowest BCUT2D eigenvalue weighted by Crippen LogP contribution is -3.00. The fraction of sp³-hybridized carbons (Fsp3) is 0.462. The molecule has 0 spiro atoms. The second kappa shape index (κ2) is 8.63. The molecular formula is C13H19BrN2O3. The molecule has 0 saturated heterocycles. The molecule has 0 bridgehead atoms. The maximum Gasteiger partial charge on any atom is 0.305 e. The third-order valence-corrected chi connectivity index (χ3v) is 2.73. The minimum absolute atomic E-state index is 0. The van der Waals surface area contributed by atoms with Crippen molar-refractivity contribution in [3.63, 3.8) is 0 Å². The number of aromatic nitrogens is 1. The molecule has 0 unspecified atom stereocenters. The van der Waals surface area contributed by atoms with Crippen LogP contribution >= 0.6 is 0 Å². The number of carbonyl (C=O) groups is 2. The highest BCUT2D eigenvalue weighted by Crippen LogP contribution is 1.95. The molecule has 0 aliphatic heterocycles. The molecule has 1 rings (SSSR count). The summed E-state index contributed by atoms with van der Waals surface area (Å²) in [6.45, 7) is 2.87. The van der Waals surface area contributed by atoms with Crippen molar-refractivity contribution in [2.24, 2.45) is 0 Å². The summed E-state index contributed by atoms with van der Waals surface area (Å²) in [5, 5.41) is 8.54. The van der Waals surface area contributed by atoms with Gasteiger partial charge in [0, 0.05) is 25.7 Å². The number of carboxylic acid groups (broad SMARTS) is 1. The van der Waals surface area contributed by atoms with Gasteiger partial charge in [-0.2, -0.15) is 0 Å². The van der Waals surface area contributed by atoms with Crippen LogP contribution in [0.2, 0.25) is 0 Å². The van der Waals surface area contributed by atoms with E-state index in [0.717, 1.165) is 0 Å². The zero-order valence-electron chi connectivity index (χ0n) is 11.2. The van der Waals surface area contributed by atoms with Crippen LogP contribution in [0, 0.1) is 6.92 Å². The number of nitrogens with zero attached hydrogens (tertiary/aromatic N) is 2. The first-order valence-electron chi connectivity index (χ1n) is 5.90. The van der Waals surface area contributed by atoms with Crippen LogP contribution in [-0.4, -0.2) is 35.5 Å². The molecule has 0 radical (unpaired) electrons. The van der Waals surface area contributed by atoms with Crippen molar-refractivity contribution in [3.8, 4) is 0 Å². The number of hydrogen-bond donors (Lipinski definition) is 1. The van der Waals surface area contributed by atoms with Gasteiger partial charge in [-0.1, -0.05) is 0 Å². The molecule has 5 nitrogen and oxygen atoms in total. The number of amides is 1. The van der Waals surface area contributed by atoms with E-state index in [0.29, 0.717) is 13.0 Å². The smallest absolute Gasteiger partial charge is 0.305 e. The topological polar surface area (TPSA) is 61.5 Å². The van der Waals surface area contributed by atoms with Crippen molar-refractivity contribution < 1.29 is 36.2 Å². The summed E-state index contributed by atoms with van der Waals surface area (Å²) in [6.07, 6.45) is 4.23. The van der Waals surface area contributed by atoms with Gasteiger partial charge in [0.25, 0.3) is 0 Å². The van der Waals surface area contributed by atoms with Crippen LogP contribution in [0.4, 0.5) is 0 Å². The normalized spacial score (nSPS) is 9.58. The number of pyridine rings is 1. The average Bonchev–Trinajstić information content (AvgIpc) is 2.34. The lowest BCUT2D eigenvalue weighted by atomic mass is 10.3. The summed E-state index contributed by atoms with van der Waals surface area (Å²) in [6, 6.07) is 3.97. The Morgan fingerprint density at radius 1 is 1.26 bits per heavy atom. The van der Waals surface area contributed by atoms with Crippen LogP contribution in [-0.2, 0) is 16.1 Å². The lowest BCUT2D eigenvalue weighted by Gasteiger charge is -2.14. The van der Waals surface area contributed by atoms with E-state index in [-0.39, 0.29) is 35.9 Å². The summed E-state index contributed by atoms with van der Waals surface area (Å²) in [7, 11) is 1.63. The van der Waals surface area contributed by atoms with E-state index >= 15 is 0 Å². The second-order valence-electron chi connectivity index (χ2n) is 4.32. The molecule has 106 valence electrons. The Labute approximate surface area is 123 Å². The number of rotatable bonds is 6. The predicted octanol–water partition coefficient (Wildman–Crippen LogP) is -2.39. The van der Waals surface area contributed by atoms with Crippen molar-refractivity contribution in [2.75, 3.05) is 13.6 Å². The van der Waals surface area contributed by atoms with E-state index in [9.17, 15) is 9.59 Å². The van der Waals surface area contributed by atoms with E-state index in [1.807, 2.05) is 36.0 Å². The van der Waals surface area contributed by atoms with Gasteiger partial charge in [0.1, 0.15) is 0 Å². The molecular weight excluding hydrogens is 312 g/mol. The molecule has 1 N–H and O–H groups in total. The van der Waals surface area contributed by atoms with Crippen molar-refractivity contribution in [3.05, 3.63) is 30.1 Å². The van der Waals surface area contributed by atoms with Gasteiger partial charge < -0.3 is 27.0 Å². The lowest BCUT2D eigenvalue weighted by molar-refractivity contribution is -0.696. The minimum atomic E-state index is -0.887. The van der Waals surface area contributed by atoms with Crippen molar-refractivity contribution >= 4 is 11.9 Å². The van der Waals surface area contributed by atoms with Gasteiger partial charge in [-0.05, 0) is 12.5 Å². The molecule has 0 aromatic carbocycles. The van der Waals surface area contributed by atoms with Gasteiger partial charge in [0.2, 0.25) is 5.91 Å². The van der Waals surface area contributed by atoms with Crippen LogP contribution in [0.3, 0.4) is 0 Å². The van der Waals surface area contributed by atoms with E-state index in [4.69, 9.17) is 5.11 Å². The molecule has 0 atom stereocenters. The number of aliphatic carboxylic acids is 1. The molecule has 0 aliphatic rings. The third kappa shape index (κ3) is 6.91. The fourth-order valence-corrected chi connectivity index (χ4v) is 1.48. The summed E-state index contributed by atoms with van der Waals surface area (Å²) < 4.78 is 1.94. The maximum absolute atomic E-state index is 11.7. The summed E-state index contributed by atoms with van der Waals surface area (Å²) in [4.78, 5) is 23.6. The zero-order chi connectivity index (χ0) is 13.5. The quantitative estimate of drug-likeness (QED) is 0.592. The first-order chi connectivity index (χ1) is 8.49. The summed E-state index contributed by atoms with van der Waals surface area (Å²) in [5.74, 6) is -0.924. The Balaban J connectivity index is 0.00000324. The molecule has 19 heavy (non-hydrogen) atoms. The molecule has 0 saturated carbocycles. The molecule has 1 aromatic rings. The first kappa shape index (κ1) is 17.6. The fourth-order valence-electron chi connectivity index (χ4n) is 1.48. The minimum Gasteiger partial charge on any atom is -1.00 e. The van der Waals surface area contributed by atoms with E-state index < -0.39 is 5.97 Å². The van der Waals surface area contributed by atoms with Gasteiger partial charge in [-0.25, -0.2) is 4.57 Å². The monoisotopic (exact) mass is 330 g/mol. The molecule has 0 aliphatic carbocycles. The van der Waals surface area contributed by atoms with Crippen LogP contribution < -0.4 is 21.5 Å². The van der Waals surface area contributed by atoms with Gasteiger partial charge in [-0.3, -0.25) is 9.59 Å². The van der Waals surface area contributed by atoms with Gasteiger partial charge in [-0.15, -0.1) is 0 Å². The van der Waals surface area contributed by atoms with Crippen LogP contribution in [0.25, 0.3) is 0 Å². The van der Waals surface area contributed by atoms with Gasteiger partial charge in [0.15, 0.2) is 18.9 Å². The SMILES string of the molecule is Cc1cc[n+](CCC(=O)N(C)CCC(=O)O)cc1.[Br-]. The highest BCUT2D eigenvalue weighted by Gasteiger charge is 2.12. The van der Waals surface area contributed by atoms with Crippen molar-refractivity contribution in [1.29, 1.82) is 0 Å². The molecule has 1 heterocycles. The van der Waals surface area contributed by atoms with Crippen molar-refractivity contribution in [2.45, 2.75) is 26.3 Å². The third-order valence-electron chi connectivity index (χ3n) is 2.73. The van der Waals surface area contributed by atoms with Crippen molar-refractivity contribution in [1.82, 2.24) is 4.90 Å². The molecule has 1 aromatic heterocycles. The standard InChI is InChI=1S/C13H18N2O3.BrH/c1-11-3-8-15(9-4-11)10-5-12(16)14(2)7-6-13(17)18;/h3-4,8-9H,5-7,10H2,1-2H3;1H. The molecule has 1 amide bonds. The average molecular weight is 331 g/mol. The zero-order valence-corrected chi connectivity index (χ0v) is 12.8. The maximum atomic E-state index is 11.7. The summed E-state index contributed by atoms with van der Waals surface area (Å²) >= 11 is 0. The highest BCUT2D eigenvalue weighted by atomic mass is 79.9.